The minimum Gasteiger partial charge on any atom is -0.271 e. The molecule has 1 heterocycles. The molecule has 0 aliphatic heterocycles. The van der Waals surface area contributed by atoms with Crippen LogP contribution in [0.3, 0.4) is 0 Å². The second kappa shape index (κ2) is 5.20. The monoisotopic (exact) mass is 281 g/mol. The highest BCUT2D eigenvalue weighted by Crippen LogP contribution is 2.17. The van der Waals surface area contributed by atoms with E-state index in [9.17, 15) is 0 Å². The second-order valence-corrected chi connectivity index (χ2v) is 4.36. The van der Waals surface area contributed by atoms with E-state index < -0.39 is 0 Å². The lowest BCUT2D eigenvalue weighted by atomic mass is 10.0. The van der Waals surface area contributed by atoms with Gasteiger partial charge < -0.3 is 0 Å². The number of H-pyrrole nitrogens is 1. The molecule has 16 heavy (non-hydrogen) atoms. The smallest absolute Gasteiger partial charge is 0.101 e. The summed E-state index contributed by atoms with van der Waals surface area (Å²) in [5, 5.41) is 10.4. The number of hydrazine groups is 1. The van der Waals surface area contributed by atoms with Crippen molar-refractivity contribution in [3.63, 3.8) is 0 Å². The lowest BCUT2D eigenvalue weighted by Crippen LogP contribution is -2.29. The molecule has 4 N–H and O–H groups in total. The number of hydrogen-bond donors (Lipinski definition) is 3. The van der Waals surface area contributed by atoms with Gasteiger partial charge in [0.25, 0.3) is 0 Å². The number of nitrogens with one attached hydrogen (secondary N) is 2. The Kier molecular flexibility index (Phi) is 3.66. The van der Waals surface area contributed by atoms with E-state index in [2.05, 4.69) is 48.9 Å². The zero-order chi connectivity index (χ0) is 11.4. The molecule has 0 fully saturated rings. The van der Waals surface area contributed by atoms with Gasteiger partial charge in [-0.1, -0.05) is 28.1 Å². The first-order valence-corrected chi connectivity index (χ1v) is 5.65. The Hall–Kier alpha value is -1.24. The number of aromatic amines is 1. The fraction of sp³-hybridized carbons (Fsp3) is 0.200. The van der Waals surface area contributed by atoms with E-state index in [0.29, 0.717) is 0 Å². The third-order valence-electron chi connectivity index (χ3n) is 2.34. The zero-order valence-electron chi connectivity index (χ0n) is 8.52. The fourth-order valence-corrected chi connectivity index (χ4v) is 1.75. The summed E-state index contributed by atoms with van der Waals surface area (Å²) in [5.74, 6) is 5.50. The maximum atomic E-state index is 5.50. The van der Waals surface area contributed by atoms with Gasteiger partial charge in [0.2, 0.25) is 0 Å². The molecule has 6 heteroatoms. The number of nitrogens with two attached hydrogens (primary N) is 1. The summed E-state index contributed by atoms with van der Waals surface area (Å²) in [5.41, 5.74) is 4.73. The lowest BCUT2D eigenvalue weighted by Gasteiger charge is -2.12. The molecule has 5 nitrogen and oxygen atoms in total. The van der Waals surface area contributed by atoms with Gasteiger partial charge in [0.1, 0.15) is 5.69 Å². The molecule has 2 rings (SSSR count). The maximum absolute atomic E-state index is 5.50. The average molecular weight is 282 g/mol. The van der Waals surface area contributed by atoms with Crippen LogP contribution in [0.1, 0.15) is 17.3 Å². The normalized spacial score (nSPS) is 12.6. The highest BCUT2D eigenvalue weighted by molar-refractivity contribution is 9.10. The number of aromatic nitrogens is 3. The van der Waals surface area contributed by atoms with Crippen molar-refractivity contribution in [3.8, 4) is 0 Å². The van der Waals surface area contributed by atoms with Gasteiger partial charge in [0.05, 0.1) is 12.2 Å². The fourth-order valence-electron chi connectivity index (χ4n) is 1.48. The Morgan fingerprint density at radius 1 is 1.38 bits per heavy atom. The SMILES string of the molecule is NNC(Cc1ccc(Br)cc1)c1cn[nH]n1. The lowest BCUT2D eigenvalue weighted by molar-refractivity contribution is 0.537. The van der Waals surface area contributed by atoms with Crippen LogP contribution in [-0.4, -0.2) is 15.4 Å². The third-order valence-corrected chi connectivity index (χ3v) is 2.87. The van der Waals surface area contributed by atoms with Crippen molar-refractivity contribution in [1.82, 2.24) is 20.8 Å². The molecule has 1 unspecified atom stereocenters. The quantitative estimate of drug-likeness (QED) is 0.583. The van der Waals surface area contributed by atoms with E-state index in [-0.39, 0.29) is 6.04 Å². The van der Waals surface area contributed by atoms with Crippen LogP contribution in [0, 0.1) is 0 Å². The molecule has 0 saturated heterocycles. The summed E-state index contributed by atoms with van der Waals surface area (Å²) in [7, 11) is 0. The molecule has 0 saturated carbocycles. The van der Waals surface area contributed by atoms with E-state index in [4.69, 9.17) is 5.84 Å². The van der Waals surface area contributed by atoms with Gasteiger partial charge in [-0.05, 0) is 24.1 Å². The zero-order valence-corrected chi connectivity index (χ0v) is 10.1. The Morgan fingerprint density at radius 3 is 2.69 bits per heavy atom. The molecular weight excluding hydrogens is 270 g/mol. The molecule has 0 amide bonds. The first kappa shape index (κ1) is 11.3. The largest absolute Gasteiger partial charge is 0.271 e. The van der Waals surface area contributed by atoms with Gasteiger partial charge in [0.15, 0.2) is 0 Å². The predicted molar refractivity (Wildman–Crippen MR) is 64.3 cm³/mol. The van der Waals surface area contributed by atoms with Crippen LogP contribution in [0.5, 0.6) is 0 Å². The van der Waals surface area contributed by atoms with Crippen molar-refractivity contribution in [2.24, 2.45) is 5.84 Å². The molecule has 2 aromatic rings. The molecule has 84 valence electrons. The van der Waals surface area contributed by atoms with E-state index in [1.807, 2.05) is 12.1 Å². The highest BCUT2D eigenvalue weighted by atomic mass is 79.9. The molecular formula is C10H12BrN5. The Bertz CT molecular complexity index is 425. The van der Waals surface area contributed by atoms with E-state index in [1.165, 1.54) is 5.56 Å². The second-order valence-electron chi connectivity index (χ2n) is 3.44. The van der Waals surface area contributed by atoms with Crippen LogP contribution in [0.4, 0.5) is 0 Å². The summed E-state index contributed by atoms with van der Waals surface area (Å²) in [4.78, 5) is 0. The number of rotatable bonds is 4. The van der Waals surface area contributed by atoms with Crippen LogP contribution < -0.4 is 11.3 Å². The van der Waals surface area contributed by atoms with Crippen LogP contribution in [0.2, 0.25) is 0 Å². The van der Waals surface area contributed by atoms with E-state index in [1.54, 1.807) is 6.20 Å². The maximum Gasteiger partial charge on any atom is 0.101 e. The minimum atomic E-state index is -0.0278. The summed E-state index contributed by atoms with van der Waals surface area (Å²) >= 11 is 3.40. The molecule has 0 aliphatic rings. The van der Waals surface area contributed by atoms with Crippen molar-refractivity contribution >= 4 is 15.9 Å². The van der Waals surface area contributed by atoms with Crippen molar-refractivity contribution in [1.29, 1.82) is 0 Å². The van der Waals surface area contributed by atoms with E-state index >= 15 is 0 Å². The van der Waals surface area contributed by atoms with Crippen molar-refractivity contribution in [3.05, 3.63) is 46.2 Å². The van der Waals surface area contributed by atoms with E-state index in [0.717, 1.165) is 16.6 Å². The molecule has 0 aliphatic carbocycles. The molecule has 0 spiro atoms. The van der Waals surface area contributed by atoms with Crippen molar-refractivity contribution in [2.75, 3.05) is 0 Å². The average Bonchev–Trinajstić information content (AvgIpc) is 2.82. The van der Waals surface area contributed by atoms with Gasteiger partial charge >= 0.3 is 0 Å². The number of nitrogens with zero attached hydrogens (tertiary/aromatic N) is 2. The van der Waals surface area contributed by atoms with Crippen LogP contribution in [0.25, 0.3) is 0 Å². The number of halogens is 1. The summed E-state index contributed by atoms with van der Waals surface area (Å²) < 4.78 is 1.06. The van der Waals surface area contributed by atoms with Gasteiger partial charge in [-0.25, -0.2) is 0 Å². The molecule has 1 aromatic heterocycles. The Morgan fingerprint density at radius 2 is 2.12 bits per heavy atom. The first-order chi connectivity index (χ1) is 7.79. The van der Waals surface area contributed by atoms with Gasteiger partial charge in [-0.15, -0.1) is 0 Å². The van der Waals surface area contributed by atoms with Gasteiger partial charge in [0, 0.05) is 4.47 Å². The van der Waals surface area contributed by atoms with Crippen LogP contribution in [0.15, 0.2) is 34.9 Å². The van der Waals surface area contributed by atoms with Gasteiger partial charge in [-0.3, -0.25) is 11.3 Å². The number of hydrogen-bond acceptors (Lipinski definition) is 4. The highest BCUT2D eigenvalue weighted by Gasteiger charge is 2.12. The first-order valence-electron chi connectivity index (χ1n) is 4.86. The van der Waals surface area contributed by atoms with Gasteiger partial charge in [-0.2, -0.15) is 15.4 Å². The minimum absolute atomic E-state index is 0.0278. The Labute approximate surface area is 102 Å². The van der Waals surface area contributed by atoms with Crippen molar-refractivity contribution in [2.45, 2.75) is 12.5 Å². The topological polar surface area (TPSA) is 79.6 Å². The van der Waals surface area contributed by atoms with Crippen LogP contribution in [-0.2, 0) is 6.42 Å². The number of benzene rings is 1. The molecule has 1 atom stereocenters. The van der Waals surface area contributed by atoms with Crippen molar-refractivity contribution < 1.29 is 0 Å². The standard InChI is InChI=1S/C10H12BrN5/c11-8-3-1-7(2-4-8)5-9(14-12)10-6-13-16-15-10/h1-4,6,9,14H,5,12H2,(H,13,15,16). The summed E-state index contributed by atoms with van der Waals surface area (Å²) in [6, 6.07) is 8.08. The molecule has 1 aromatic carbocycles. The molecule has 0 bridgehead atoms. The van der Waals surface area contributed by atoms with Crippen LogP contribution >= 0.6 is 15.9 Å². The molecule has 0 radical (unpaired) electrons. The Balaban J connectivity index is 2.10. The summed E-state index contributed by atoms with van der Waals surface area (Å²) in [6.07, 6.45) is 2.44. The predicted octanol–water partition coefficient (Wildman–Crippen LogP) is 1.31. The summed E-state index contributed by atoms with van der Waals surface area (Å²) in [6.45, 7) is 0. The third kappa shape index (κ3) is 2.66.